The molecular weight excluding hydrogens is 310 g/mol. The van der Waals surface area contributed by atoms with Gasteiger partial charge in [0.05, 0.1) is 5.69 Å². The third-order valence-corrected chi connectivity index (χ3v) is 3.36. The van der Waals surface area contributed by atoms with E-state index in [4.69, 9.17) is 9.05 Å². The van der Waals surface area contributed by atoms with Gasteiger partial charge in [0.1, 0.15) is 0 Å². The molecule has 1 N–H and O–H groups in total. The Hall–Kier alpha value is -3.03. The van der Waals surface area contributed by atoms with Gasteiger partial charge in [-0.3, -0.25) is 9.78 Å². The van der Waals surface area contributed by atoms with Crippen molar-refractivity contribution in [3.63, 3.8) is 0 Å². The average Bonchev–Trinajstić information content (AvgIpc) is 3.25. The van der Waals surface area contributed by atoms with Crippen molar-refractivity contribution < 1.29 is 13.8 Å². The zero-order chi connectivity index (χ0) is 16.9. The minimum absolute atomic E-state index is 0.195. The molecule has 0 unspecified atom stereocenters. The zero-order valence-electron chi connectivity index (χ0n) is 13.4. The predicted molar refractivity (Wildman–Crippen MR) is 84.2 cm³/mol. The quantitative estimate of drug-likeness (QED) is 0.739. The van der Waals surface area contributed by atoms with E-state index in [0.29, 0.717) is 24.7 Å². The summed E-state index contributed by atoms with van der Waals surface area (Å²) >= 11 is 0. The maximum absolute atomic E-state index is 12.0. The van der Waals surface area contributed by atoms with Gasteiger partial charge in [-0.15, -0.1) is 0 Å². The summed E-state index contributed by atoms with van der Waals surface area (Å²) in [4.78, 5) is 20.3. The number of carbonyl (C=O) groups excluding carboxylic acids is 1. The number of hydrogen-bond donors (Lipinski definition) is 1. The lowest BCUT2D eigenvalue weighted by Crippen LogP contribution is -2.25. The van der Waals surface area contributed by atoms with E-state index in [9.17, 15) is 4.79 Å². The van der Waals surface area contributed by atoms with Crippen molar-refractivity contribution in [2.24, 2.45) is 0 Å². The summed E-state index contributed by atoms with van der Waals surface area (Å²) in [6.45, 7) is 4.31. The van der Waals surface area contributed by atoms with E-state index in [0.717, 1.165) is 11.3 Å². The number of nitrogens with one attached hydrogen (secondary N) is 1. The van der Waals surface area contributed by atoms with Crippen LogP contribution in [0, 0.1) is 0 Å². The summed E-state index contributed by atoms with van der Waals surface area (Å²) in [7, 11) is 0. The highest BCUT2D eigenvalue weighted by Crippen LogP contribution is 2.15. The van der Waals surface area contributed by atoms with Gasteiger partial charge < -0.3 is 14.4 Å². The minimum atomic E-state index is -0.318. The number of hydrogen-bond acceptors (Lipinski definition) is 7. The Morgan fingerprint density at radius 1 is 1.29 bits per heavy atom. The highest BCUT2D eigenvalue weighted by atomic mass is 16.5. The van der Waals surface area contributed by atoms with Gasteiger partial charge in [0.25, 0.3) is 5.91 Å². The first kappa shape index (κ1) is 15.9. The maximum Gasteiger partial charge on any atom is 0.289 e. The SMILES string of the molecule is CC(C)c1cc(C(=O)NCCc2nc(-c3cccnc3)no2)on1. The number of carbonyl (C=O) groups is 1. The second-order valence-corrected chi connectivity index (χ2v) is 5.53. The molecule has 3 aromatic heterocycles. The highest BCUT2D eigenvalue weighted by Gasteiger charge is 2.15. The van der Waals surface area contributed by atoms with Crippen molar-refractivity contribution >= 4 is 5.91 Å². The second-order valence-electron chi connectivity index (χ2n) is 5.53. The molecule has 0 radical (unpaired) electrons. The van der Waals surface area contributed by atoms with E-state index >= 15 is 0 Å². The molecule has 124 valence electrons. The van der Waals surface area contributed by atoms with Crippen LogP contribution in [0.15, 0.2) is 39.6 Å². The molecule has 0 aliphatic rings. The summed E-state index contributed by atoms with van der Waals surface area (Å²) < 4.78 is 10.2. The fourth-order valence-electron chi connectivity index (χ4n) is 2.01. The molecule has 0 aromatic carbocycles. The number of pyridine rings is 1. The van der Waals surface area contributed by atoms with Crippen molar-refractivity contribution in [3.05, 3.63) is 47.9 Å². The fourth-order valence-corrected chi connectivity index (χ4v) is 2.01. The van der Waals surface area contributed by atoms with E-state index in [2.05, 4.69) is 25.6 Å². The van der Waals surface area contributed by atoms with Crippen LogP contribution in [0.5, 0.6) is 0 Å². The molecule has 24 heavy (non-hydrogen) atoms. The smallest absolute Gasteiger partial charge is 0.289 e. The van der Waals surface area contributed by atoms with Crippen LogP contribution in [0.4, 0.5) is 0 Å². The molecule has 0 saturated carbocycles. The Labute approximate surface area is 138 Å². The molecule has 0 saturated heterocycles. The normalized spacial score (nSPS) is 11.0. The summed E-state index contributed by atoms with van der Waals surface area (Å²) in [6, 6.07) is 5.29. The second kappa shape index (κ2) is 7.03. The molecule has 0 atom stereocenters. The van der Waals surface area contributed by atoms with Crippen LogP contribution in [-0.2, 0) is 6.42 Å². The summed E-state index contributed by atoms with van der Waals surface area (Å²) in [5, 5.41) is 10.5. The molecule has 3 aromatic rings. The first-order valence-electron chi connectivity index (χ1n) is 7.61. The molecule has 8 heteroatoms. The third kappa shape index (κ3) is 3.65. The van der Waals surface area contributed by atoms with Crippen LogP contribution in [0.3, 0.4) is 0 Å². The molecule has 0 bridgehead atoms. The average molecular weight is 327 g/mol. The lowest BCUT2D eigenvalue weighted by Gasteiger charge is -1.99. The van der Waals surface area contributed by atoms with E-state index in [1.54, 1.807) is 24.5 Å². The highest BCUT2D eigenvalue weighted by molar-refractivity contribution is 5.91. The van der Waals surface area contributed by atoms with Gasteiger partial charge in [-0.1, -0.05) is 24.2 Å². The van der Waals surface area contributed by atoms with E-state index < -0.39 is 0 Å². The van der Waals surface area contributed by atoms with Crippen molar-refractivity contribution in [3.8, 4) is 11.4 Å². The van der Waals surface area contributed by atoms with Crippen LogP contribution in [-0.4, -0.2) is 32.7 Å². The number of rotatable bonds is 6. The van der Waals surface area contributed by atoms with E-state index in [-0.39, 0.29) is 17.6 Å². The molecule has 0 spiro atoms. The monoisotopic (exact) mass is 327 g/mol. The maximum atomic E-state index is 12.0. The molecule has 3 rings (SSSR count). The summed E-state index contributed by atoms with van der Waals surface area (Å²) in [5.41, 5.74) is 1.53. The van der Waals surface area contributed by atoms with Crippen molar-refractivity contribution in [1.29, 1.82) is 0 Å². The van der Waals surface area contributed by atoms with Gasteiger partial charge in [0, 0.05) is 37.0 Å². The van der Waals surface area contributed by atoms with Crippen LogP contribution in [0.1, 0.15) is 41.9 Å². The Bertz CT molecular complexity index is 810. The Kier molecular flexibility index (Phi) is 4.64. The predicted octanol–water partition coefficient (Wildman–Crippen LogP) is 2.22. The van der Waals surface area contributed by atoms with Gasteiger partial charge >= 0.3 is 0 Å². The van der Waals surface area contributed by atoms with Crippen molar-refractivity contribution in [2.45, 2.75) is 26.2 Å². The lowest BCUT2D eigenvalue weighted by atomic mass is 10.1. The molecule has 0 fully saturated rings. The van der Waals surface area contributed by atoms with Gasteiger partial charge in [-0.2, -0.15) is 4.98 Å². The fraction of sp³-hybridized carbons (Fsp3) is 0.312. The number of amides is 1. The van der Waals surface area contributed by atoms with Gasteiger partial charge in [-0.25, -0.2) is 0 Å². The van der Waals surface area contributed by atoms with Gasteiger partial charge in [-0.05, 0) is 18.1 Å². The van der Waals surface area contributed by atoms with E-state index in [1.807, 2.05) is 19.9 Å². The van der Waals surface area contributed by atoms with E-state index in [1.165, 1.54) is 0 Å². The van der Waals surface area contributed by atoms with Crippen LogP contribution in [0.2, 0.25) is 0 Å². The van der Waals surface area contributed by atoms with Gasteiger partial charge in [0.15, 0.2) is 0 Å². The molecule has 0 aliphatic heterocycles. The first-order valence-corrected chi connectivity index (χ1v) is 7.61. The summed E-state index contributed by atoms with van der Waals surface area (Å²) in [6.07, 6.45) is 3.75. The van der Waals surface area contributed by atoms with Crippen LogP contribution < -0.4 is 5.32 Å². The third-order valence-electron chi connectivity index (χ3n) is 3.36. The van der Waals surface area contributed by atoms with Gasteiger partial charge in [0.2, 0.25) is 17.5 Å². The number of nitrogens with zero attached hydrogens (tertiary/aromatic N) is 4. The molecule has 3 heterocycles. The van der Waals surface area contributed by atoms with Crippen molar-refractivity contribution in [2.75, 3.05) is 6.54 Å². The molecule has 0 aliphatic carbocycles. The standard InChI is InChI=1S/C16H17N5O3/c1-10(2)12-8-13(23-20-12)16(22)18-7-5-14-19-15(21-24-14)11-4-3-6-17-9-11/h3-4,6,8-10H,5,7H2,1-2H3,(H,18,22). The van der Waals surface area contributed by atoms with Crippen LogP contribution in [0.25, 0.3) is 11.4 Å². The largest absolute Gasteiger partial charge is 0.351 e. The Morgan fingerprint density at radius 2 is 2.17 bits per heavy atom. The van der Waals surface area contributed by atoms with Crippen molar-refractivity contribution in [1.82, 2.24) is 25.6 Å². The lowest BCUT2D eigenvalue weighted by molar-refractivity contribution is 0.0916. The first-order chi connectivity index (χ1) is 11.6. The minimum Gasteiger partial charge on any atom is -0.351 e. The summed E-state index contributed by atoms with van der Waals surface area (Å²) in [5.74, 6) is 0.997. The number of aromatic nitrogens is 4. The molecule has 1 amide bonds. The Morgan fingerprint density at radius 3 is 2.88 bits per heavy atom. The molecule has 8 nitrogen and oxygen atoms in total. The molecular formula is C16H17N5O3. The van der Waals surface area contributed by atoms with Crippen LogP contribution >= 0.6 is 0 Å². The Balaban J connectivity index is 1.53. The zero-order valence-corrected chi connectivity index (χ0v) is 13.4. The topological polar surface area (TPSA) is 107 Å².